The largest absolute Gasteiger partial charge is 0.456 e. The van der Waals surface area contributed by atoms with Crippen LogP contribution in [0.5, 0.6) is 0 Å². The standard InChI is InChI=1S/C44H26N4OS/c1-4-10-27(11-5-1)30-16-17-32-25-33(19-18-31(32)24-30)42-46-41(28-12-6-2-7-13-28)47-43(48-42)34-20-21-35-38(26-34)49-37-23-22-36-40(39(35)37)50-44(45-36)29-14-8-3-9-15-29/h1-26H. The van der Waals surface area contributed by atoms with E-state index in [4.69, 9.17) is 24.4 Å². The van der Waals surface area contributed by atoms with Gasteiger partial charge in [-0.1, -0.05) is 121 Å². The smallest absolute Gasteiger partial charge is 0.164 e. The Balaban J connectivity index is 1.09. The number of furan rings is 1. The molecule has 0 spiro atoms. The lowest BCUT2D eigenvalue weighted by Crippen LogP contribution is -2.00. The fourth-order valence-electron chi connectivity index (χ4n) is 6.63. The molecule has 7 aromatic carbocycles. The van der Waals surface area contributed by atoms with Gasteiger partial charge in [0.1, 0.15) is 16.2 Å². The lowest BCUT2D eigenvalue weighted by atomic mass is 10.00. The minimum atomic E-state index is 0.588. The molecule has 0 aliphatic rings. The minimum absolute atomic E-state index is 0.588. The molecule has 3 aromatic heterocycles. The highest BCUT2D eigenvalue weighted by atomic mass is 32.1. The molecule has 0 amide bonds. The van der Waals surface area contributed by atoms with E-state index in [1.807, 2.05) is 72.8 Å². The van der Waals surface area contributed by atoms with Crippen LogP contribution in [0.4, 0.5) is 0 Å². The number of rotatable bonds is 5. The number of fused-ring (bicyclic) bond motifs is 6. The molecule has 0 aliphatic carbocycles. The first-order valence-corrected chi connectivity index (χ1v) is 17.3. The second-order valence-corrected chi connectivity index (χ2v) is 13.3. The minimum Gasteiger partial charge on any atom is -0.456 e. The molecule has 234 valence electrons. The summed E-state index contributed by atoms with van der Waals surface area (Å²) in [6.45, 7) is 0. The predicted molar refractivity (Wildman–Crippen MR) is 205 cm³/mol. The average molecular weight is 659 g/mol. The first kappa shape index (κ1) is 28.5. The van der Waals surface area contributed by atoms with E-state index in [-0.39, 0.29) is 0 Å². The van der Waals surface area contributed by atoms with Gasteiger partial charge in [-0.25, -0.2) is 19.9 Å². The van der Waals surface area contributed by atoms with E-state index in [0.29, 0.717) is 17.5 Å². The van der Waals surface area contributed by atoms with Gasteiger partial charge in [0.2, 0.25) is 0 Å². The molecule has 0 saturated heterocycles. The molecule has 50 heavy (non-hydrogen) atoms. The zero-order valence-electron chi connectivity index (χ0n) is 26.6. The summed E-state index contributed by atoms with van der Waals surface area (Å²) in [5.74, 6) is 1.83. The third-order valence-corrected chi connectivity index (χ3v) is 10.3. The maximum absolute atomic E-state index is 6.46. The Morgan fingerprint density at radius 2 is 0.960 bits per heavy atom. The topological polar surface area (TPSA) is 64.7 Å². The molecule has 0 saturated carbocycles. The van der Waals surface area contributed by atoms with Gasteiger partial charge in [0.15, 0.2) is 17.5 Å². The lowest BCUT2D eigenvalue weighted by Gasteiger charge is -2.10. The van der Waals surface area contributed by atoms with Crippen molar-refractivity contribution in [3.63, 3.8) is 0 Å². The van der Waals surface area contributed by atoms with Crippen molar-refractivity contribution in [2.45, 2.75) is 0 Å². The fraction of sp³-hybridized carbons (Fsp3) is 0. The molecule has 5 nitrogen and oxygen atoms in total. The zero-order valence-corrected chi connectivity index (χ0v) is 27.4. The summed E-state index contributed by atoms with van der Waals surface area (Å²) in [6.07, 6.45) is 0. The van der Waals surface area contributed by atoms with Crippen LogP contribution in [-0.4, -0.2) is 19.9 Å². The molecule has 10 rings (SSSR count). The normalized spacial score (nSPS) is 11.6. The van der Waals surface area contributed by atoms with E-state index in [0.717, 1.165) is 70.2 Å². The van der Waals surface area contributed by atoms with Crippen LogP contribution in [0.2, 0.25) is 0 Å². The molecule has 0 aliphatic heterocycles. The Labute approximate surface area is 291 Å². The molecule has 0 fully saturated rings. The summed E-state index contributed by atoms with van der Waals surface area (Å²) in [7, 11) is 0. The van der Waals surface area contributed by atoms with E-state index in [1.165, 1.54) is 11.1 Å². The fourth-order valence-corrected chi connectivity index (χ4v) is 7.76. The highest BCUT2D eigenvalue weighted by molar-refractivity contribution is 7.22. The molecule has 0 bridgehead atoms. The molecule has 0 N–H and O–H groups in total. The van der Waals surface area contributed by atoms with Crippen LogP contribution in [0.25, 0.3) is 98.8 Å². The van der Waals surface area contributed by atoms with Crippen molar-refractivity contribution in [3.05, 3.63) is 158 Å². The Bertz CT molecular complexity index is 2860. The van der Waals surface area contributed by atoms with Crippen molar-refractivity contribution in [3.8, 4) is 55.9 Å². The van der Waals surface area contributed by atoms with Crippen molar-refractivity contribution in [2.75, 3.05) is 0 Å². The number of nitrogens with zero attached hydrogens (tertiary/aromatic N) is 4. The summed E-state index contributed by atoms with van der Waals surface area (Å²) < 4.78 is 7.58. The first-order chi connectivity index (χ1) is 24.7. The van der Waals surface area contributed by atoms with E-state index in [9.17, 15) is 0 Å². The van der Waals surface area contributed by atoms with Crippen LogP contribution in [0.3, 0.4) is 0 Å². The number of benzene rings is 7. The summed E-state index contributed by atoms with van der Waals surface area (Å²) >= 11 is 1.70. The summed E-state index contributed by atoms with van der Waals surface area (Å²) in [5, 5.41) is 5.40. The van der Waals surface area contributed by atoms with Crippen LogP contribution in [-0.2, 0) is 0 Å². The van der Waals surface area contributed by atoms with Crippen LogP contribution < -0.4 is 0 Å². The van der Waals surface area contributed by atoms with Crippen LogP contribution in [0.15, 0.2) is 162 Å². The quantitative estimate of drug-likeness (QED) is 0.184. The maximum Gasteiger partial charge on any atom is 0.164 e. The summed E-state index contributed by atoms with van der Waals surface area (Å²) in [5.41, 5.74) is 8.79. The SMILES string of the molecule is c1ccc(-c2ccc3cc(-c4nc(-c5ccccc5)nc(-c5ccc6c(c5)oc5ccc7nc(-c8ccccc8)sc7c56)n4)ccc3c2)cc1. The third-order valence-electron chi connectivity index (χ3n) is 9.14. The van der Waals surface area contributed by atoms with E-state index < -0.39 is 0 Å². The Morgan fingerprint density at radius 3 is 1.66 bits per heavy atom. The second kappa shape index (κ2) is 11.6. The van der Waals surface area contributed by atoms with E-state index >= 15 is 0 Å². The van der Waals surface area contributed by atoms with Gasteiger partial charge < -0.3 is 4.42 Å². The Morgan fingerprint density at radius 1 is 0.400 bits per heavy atom. The van der Waals surface area contributed by atoms with Crippen molar-refractivity contribution in [2.24, 2.45) is 0 Å². The van der Waals surface area contributed by atoms with Crippen molar-refractivity contribution in [1.29, 1.82) is 0 Å². The van der Waals surface area contributed by atoms with Crippen molar-refractivity contribution < 1.29 is 4.42 Å². The van der Waals surface area contributed by atoms with Gasteiger partial charge >= 0.3 is 0 Å². The predicted octanol–water partition coefficient (Wildman–Crippen LogP) is 11.9. The van der Waals surface area contributed by atoms with Crippen LogP contribution in [0, 0.1) is 0 Å². The number of thiazole rings is 1. The average Bonchev–Trinajstić information content (AvgIpc) is 3.80. The molecule has 10 aromatic rings. The van der Waals surface area contributed by atoms with Crippen molar-refractivity contribution in [1.82, 2.24) is 19.9 Å². The molecular weight excluding hydrogens is 633 g/mol. The van der Waals surface area contributed by atoms with Gasteiger partial charge in [-0.3, -0.25) is 0 Å². The van der Waals surface area contributed by atoms with Gasteiger partial charge in [0.25, 0.3) is 0 Å². The maximum atomic E-state index is 6.46. The van der Waals surface area contributed by atoms with Gasteiger partial charge in [-0.05, 0) is 58.3 Å². The third kappa shape index (κ3) is 4.93. The lowest BCUT2D eigenvalue weighted by molar-refractivity contribution is 0.669. The number of hydrogen-bond acceptors (Lipinski definition) is 6. The first-order valence-electron chi connectivity index (χ1n) is 16.5. The van der Waals surface area contributed by atoms with Crippen molar-refractivity contribution >= 4 is 54.3 Å². The molecular formula is C44H26N4OS. The molecule has 0 radical (unpaired) electrons. The van der Waals surface area contributed by atoms with Gasteiger partial charge in [0, 0.05) is 33.0 Å². The molecule has 0 atom stereocenters. The monoisotopic (exact) mass is 658 g/mol. The zero-order chi connectivity index (χ0) is 33.0. The van der Waals surface area contributed by atoms with Gasteiger partial charge in [-0.15, -0.1) is 11.3 Å². The van der Waals surface area contributed by atoms with Crippen LogP contribution in [0.1, 0.15) is 0 Å². The van der Waals surface area contributed by atoms with E-state index in [1.54, 1.807) is 11.3 Å². The molecule has 0 unspecified atom stereocenters. The van der Waals surface area contributed by atoms with E-state index in [2.05, 4.69) is 84.9 Å². The second-order valence-electron chi connectivity index (χ2n) is 12.3. The Kier molecular flexibility index (Phi) is 6.60. The van der Waals surface area contributed by atoms with Gasteiger partial charge in [-0.2, -0.15) is 0 Å². The number of aromatic nitrogens is 4. The summed E-state index contributed by atoms with van der Waals surface area (Å²) in [4.78, 5) is 20.0. The van der Waals surface area contributed by atoms with Gasteiger partial charge in [0.05, 0.1) is 10.2 Å². The molecule has 6 heteroatoms. The number of hydrogen-bond donors (Lipinski definition) is 0. The van der Waals surface area contributed by atoms with Crippen LogP contribution >= 0.6 is 11.3 Å². The molecule has 3 heterocycles. The summed E-state index contributed by atoms with van der Waals surface area (Å²) in [6, 6.07) is 54.1. The highest BCUT2D eigenvalue weighted by Crippen LogP contribution is 2.41. The highest BCUT2D eigenvalue weighted by Gasteiger charge is 2.18. The Hall–Kier alpha value is -6.50.